The summed E-state index contributed by atoms with van der Waals surface area (Å²) in [5, 5.41) is 10.8. The Morgan fingerprint density at radius 1 is 1.12 bits per heavy atom. The minimum atomic E-state index is -0.106. The van der Waals surface area contributed by atoms with Gasteiger partial charge in [-0.15, -0.1) is 0 Å². The smallest absolute Gasteiger partial charge is 0.226 e. The van der Waals surface area contributed by atoms with Gasteiger partial charge in [-0.05, 0) is 72.9 Å². The molecule has 0 aliphatic carbocycles. The molecule has 0 aliphatic rings. The fourth-order valence-electron chi connectivity index (χ4n) is 3.18. The molecule has 168 valence electrons. The Morgan fingerprint density at radius 3 is 2.55 bits per heavy atom. The molecule has 2 N–H and O–H groups in total. The largest absolute Gasteiger partial charge is 0.497 e. The number of benzene rings is 3. The minimum Gasteiger partial charge on any atom is -0.497 e. The molecule has 0 fully saturated rings. The quantitative estimate of drug-likeness (QED) is 0.274. The minimum absolute atomic E-state index is 0.106. The molecule has 9 heteroatoms. The van der Waals surface area contributed by atoms with Crippen LogP contribution in [0.1, 0.15) is 6.42 Å². The number of carbonyl (C=O) groups excluding carboxylic acids is 1. The van der Waals surface area contributed by atoms with E-state index in [1.54, 1.807) is 18.9 Å². The van der Waals surface area contributed by atoms with Gasteiger partial charge in [0.25, 0.3) is 0 Å². The number of hydrogen-bond acceptors (Lipinski definition) is 5. The van der Waals surface area contributed by atoms with Crippen molar-refractivity contribution in [1.82, 2.24) is 14.8 Å². The van der Waals surface area contributed by atoms with Crippen LogP contribution in [0, 0.1) is 4.77 Å². The number of halogens is 1. The van der Waals surface area contributed by atoms with Crippen molar-refractivity contribution < 1.29 is 9.53 Å². The Kier molecular flexibility index (Phi) is 7.49. The summed E-state index contributed by atoms with van der Waals surface area (Å²) in [6.07, 6.45) is 0.257. The molecule has 0 saturated heterocycles. The summed E-state index contributed by atoms with van der Waals surface area (Å²) in [6.45, 7) is 0.406. The highest BCUT2D eigenvalue weighted by molar-refractivity contribution is 7.99. The summed E-state index contributed by atoms with van der Waals surface area (Å²) >= 11 is 13.2. The number of aromatic nitrogens is 3. The van der Waals surface area contributed by atoms with Gasteiger partial charge in [0.05, 0.1) is 12.1 Å². The van der Waals surface area contributed by atoms with E-state index in [0.717, 1.165) is 26.8 Å². The second kappa shape index (κ2) is 10.7. The Hall–Kier alpha value is -3.07. The van der Waals surface area contributed by atoms with Crippen LogP contribution in [0.15, 0.2) is 82.6 Å². The van der Waals surface area contributed by atoms with Crippen LogP contribution in [0.3, 0.4) is 0 Å². The van der Waals surface area contributed by atoms with Crippen molar-refractivity contribution in [1.29, 1.82) is 0 Å². The van der Waals surface area contributed by atoms with Crippen LogP contribution in [-0.2, 0) is 11.3 Å². The zero-order chi connectivity index (χ0) is 23.2. The maximum absolute atomic E-state index is 12.5. The van der Waals surface area contributed by atoms with Crippen LogP contribution < -0.4 is 10.1 Å². The van der Waals surface area contributed by atoms with Gasteiger partial charge in [-0.25, -0.2) is 0 Å². The van der Waals surface area contributed by atoms with E-state index in [-0.39, 0.29) is 12.3 Å². The Labute approximate surface area is 205 Å². The summed E-state index contributed by atoms with van der Waals surface area (Å²) in [7, 11) is 1.62. The highest BCUT2D eigenvalue weighted by atomic mass is 35.5. The predicted octanol–water partition coefficient (Wildman–Crippen LogP) is 6.45. The normalized spacial score (nSPS) is 10.7. The molecule has 1 amide bonds. The first-order valence-electron chi connectivity index (χ1n) is 10.2. The van der Waals surface area contributed by atoms with E-state index in [1.807, 2.05) is 77.4 Å². The number of amides is 1. The first-order chi connectivity index (χ1) is 16.0. The van der Waals surface area contributed by atoms with Gasteiger partial charge in [-0.2, -0.15) is 5.10 Å². The Morgan fingerprint density at radius 2 is 1.85 bits per heavy atom. The first kappa shape index (κ1) is 23.1. The van der Waals surface area contributed by atoms with E-state index in [9.17, 15) is 4.79 Å². The van der Waals surface area contributed by atoms with Gasteiger partial charge < -0.3 is 10.1 Å². The summed E-state index contributed by atoms with van der Waals surface area (Å²) in [6, 6.07) is 22.9. The van der Waals surface area contributed by atoms with Gasteiger partial charge >= 0.3 is 0 Å². The fraction of sp³-hybridized carbons (Fsp3) is 0.125. The maximum Gasteiger partial charge on any atom is 0.226 e. The molecule has 3 aromatic carbocycles. The number of hydrogen-bond donors (Lipinski definition) is 2. The molecule has 0 spiro atoms. The Balaban J connectivity index is 1.36. The van der Waals surface area contributed by atoms with E-state index in [2.05, 4.69) is 15.5 Å². The molecule has 0 atom stereocenters. The standard InChI is InChI=1S/C24H21ClN4O2S2/c1-31-18-10-6-16(7-11-18)23-27-28-24(32)29(23)15-14-22(30)26-17-8-12-19(13-9-17)33-21-5-3-2-4-20(21)25/h2-13H,14-15H2,1H3,(H,26,30)(H,28,32). The van der Waals surface area contributed by atoms with E-state index < -0.39 is 0 Å². The zero-order valence-electron chi connectivity index (χ0n) is 17.7. The summed E-state index contributed by atoms with van der Waals surface area (Å²) in [5.41, 5.74) is 1.62. The number of methoxy groups -OCH3 is 1. The van der Waals surface area contributed by atoms with Crippen LogP contribution in [0.2, 0.25) is 5.02 Å². The molecule has 6 nitrogen and oxygen atoms in total. The molecule has 0 saturated carbocycles. The number of H-pyrrole nitrogens is 1. The zero-order valence-corrected chi connectivity index (χ0v) is 20.1. The van der Waals surface area contributed by atoms with Crippen molar-refractivity contribution in [3.63, 3.8) is 0 Å². The lowest BCUT2D eigenvalue weighted by atomic mass is 10.2. The topological polar surface area (TPSA) is 71.9 Å². The van der Waals surface area contributed by atoms with Crippen LogP contribution in [-0.4, -0.2) is 27.8 Å². The third kappa shape index (κ3) is 5.84. The number of ether oxygens (including phenoxy) is 1. The molecule has 0 aliphatic heterocycles. The molecule has 0 radical (unpaired) electrons. The number of nitrogens with zero attached hydrogens (tertiary/aromatic N) is 2. The van der Waals surface area contributed by atoms with Crippen LogP contribution in [0.5, 0.6) is 5.75 Å². The van der Waals surface area contributed by atoms with Crippen molar-refractivity contribution in [2.75, 3.05) is 12.4 Å². The van der Waals surface area contributed by atoms with Gasteiger partial charge in [0.1, 0.15) is 5.75 Å². The van der Waals surface area contributed by atoms with Crippen molar-refractivity contribution in [3.05, 3.63) is 82.6 Å². The summed E-state index contributed by atoms with van der Waals surface area (Å²) in [4.78, 5) is 14.6. The predicted molar refractivity (Wildman–Crippen MR) is 135 cm³/mol. The molecule has 1 heterocycles. The van der Waals surface area contributed by atoms with Crippen molar-refractivity contribution >= 4 is 47.2 Å². The monoisotopic (exact) mass is 496 g/mol. The molecule has 4 rings (SSSR count). The third-order valence-electron chi connectivity index (χ3n) is 4.87. The van der Waals surface area contributed by atoms with Gasteiger partial charge in [-0.1, -0.05) is 35.5 Å². The van der Waals surface area contributed by atoms with Crippen molar-refractivity contribution in [3.8, 4) is 17.1 Å². The number of anilines is 1. The molecule has 0 bridgehead atoms. The average molecular weight is 497 g/mol. The second-order valence-corrected chi connectivity index (χ2v) is 9.00. The third-order valence-corrected chi connectivity index (χ3v) is 6.71. The molecule has 1 aromatic heterocycles. The average Bonchev–Trinajstić information content (AvgIpc) is 3.20. The van der Waals surface area contributed by atoms with Gasteiger partial charge in [0.15, 0.2) is 10.6 Å². The van der Waals surface area contributed by atoms with Gasteiger partial charge in [0.2, 0.25) is 5.91 Å². The van der Waals surface area contributed by atoms with E-state index >= 15 is 0 Å². The summed E-state index contributed by atoms with van der Waals surface area (Å²) < 4.78 is 7.49. The number of rotatable bonds is 8. The second-order valence-electron chi connectivity index (χ2n) is 7.09. The highest BCUT2D eigenvalue weighted by Crippen LogP contribution is 2.33. The molecule has 0 unspecified atom stereocenters. The Bertz CT molecular complexity index is 1300. The number of nitrogens with one attached hydrogen (secondary N) is 2. The van der Waals surface area contributed by atoms with E-state index in [0.29, 0.717) is 22.2 Å². The number of carbonyl (C=O) groups is 1. The molecular weight excluding hydrogens is 476 g/mol. The SMILES string of the molecule is COc1ccc(-c2n[nH]c(=S)n2CCC(=O)Nc2ccc(Sc3ccccc3Cl)cc2)cc1. The molecule has 4 aromatic rings. The molecular formula is C24H21ClN4O2S2. The first-order valence-corrected chi connectivity index (χ1v) is 11.8. The maximum atomic E-state index is 12.5. The van der Waals surface area contributed by atoms with Gasteiger partial charge in [0, 0.05) is 34.0 Å². The van der Waals surface area contributed by atoms with E-state index in [4.69, 9.17) is 28.6 Å². The fourth-order valence-corrected chi connectivity index (χ4v) is 4.50. The van der Waals surface area contributed by atoms with E-state index in [1.165, 1.54) is 0 Å². The lowest BCUT2D eigenvalue weighted by Gasteiger charge is -2.09. The highest BCUT2D eigenvalue weighted by Gasteiger charge is 2.11. The van der Waals surface area contributed by atoms with Crippen molar-refractivity contribution in [2.45, 2.75) is 22.8 Å². The van der Waals surface area contributed by atoms with Crippen LogP contribution in [0.25, 0.3) is 11.4 Å². The van der Waals surface area contributed by atoms with Crippen LogP contribution in [0.4, 0.5) is 5.69 Å². The molecule has 33 heavy (non-hydrogen) atoms. The lowest BCUT2D eigenvalue weighted by molar-refractivity contribution is -0.116. The summed E-state index contributed by atoms with van der Waals surface area (Å²) in [5.74, 6) is 1.33. The van der Waals surface area contributed by atoms with Crippen molar-refractivity contribution in [2.24, 2.45) is 0 Å². The van der Waals surface area contributed by atoms with Crippen LogP contribution >= 0.6 is 35.6 Å². The van der Waals surface area contributed by atoms with Gasteiger partial charge in [-0.3, -0.25) is 14.5 Å². The number of aromatic amines is 1. The lowest BCUT2D eigenvalue weighted by Crippen LogP contribution is -2.15.